The van der Waals surface area contributed by atoms with E-state index in [9.17, 15) is 9.90 Å². The Morgan fingerprint density at radius 2 is 1.91 bits per heavy atom. The van der Waals surface area contributed by atoms with Gasteiger partial charge in [0, 0.05) is 18.3 Å². The highest BCUT2D eigenvalue weighted by atomic mass is 16.3. The van der Waals surface area contributed by atoms with Gasteiger partial charge in [-0.1, -0.05) is 12.8 Å². The zero-order chi connectivity index (χ0) is 15.5. The first-order valence-corrected chi connectivity index (χ1v) is 9.20. The molecule has 0 aromatic rings. The standard InChI is InChI=1S/C20H28O2/c1-3-20(22)11-9-18-17-6-4-13-12-14(21)5-7-15(13)16(17)8-10-19(18,20)2/h1,13,15-18,22H,4-12H2,2H3/t13?,15-,16+,17+,18-,19-,20?/m0/s1. The molecule has 2 unspecified atom stereocenters. The third-order valence-electron chi connectivity index (χ3n) is 8.16. The van der Waals surface area contributed by atoms with Gasteiger partial charge in [0.1, 0.15) is 11.4 Å². The van der Waals surface area contributed by atoms with Crippen molar-refractivity contribution in [2.75, 3.05) is 0 Å². The van der Waals surface area contributed by atoms with Crippen molar-refractivity contribution in [2.45, 2.75) is 70.3 Å². The second-order valence-electron chi connectivity index (χ2n) is 8.72. The molecule has 120 valence electrons. The van der Waals surface area contributed by atoms with E-state index in [1.54, 1.807) is 0 Å². The van der Waals surface area contributed by atoms with Gasteiger partial charge in [-0.3, -0.25) is 4.79 Å². The molecule has 4 fully saturated rings. The summed E-state index contributed by atoms with van der Waals surface area (Å²) < 4.78 is 0. The summed E-state index contributed by atoms with van der Waals surface area (Å²) in [6.07, 6.45) is 15.1. The molecular formula is C20H28O2. The lowest BCUT2D eigenvalue weighted by Gasteiger charge is -2.56. The van der Waals surface area contributed by atoms with Crippen molar-refractivity contribution < 1.29 is 9.90 Å². The predicted octanol–water partition coefficient (Wildman–Crippen LogP) is 3.57. The van der Waals surface area contributed by atoms with Gasteiger partial charge in [-0.2, -0.15) is 0 Å². The van der Waals surface area contributed by atoms with Crippen molar-refractivity contribution in [1.82, 2.24) is 0 Å². The average Bonchev–Trinajstić information content (AvgIpc) is 2.79. The molecule has 22 heavy (non-hydrogen) atoms. The van der Waals surface area contributed by atoms with Crippen LogP contribution in [0.2, 0.25) is 0 Å². The zero-order valence-corrected chi connectivity index (χ0v) is 13.7. The van der Waals surface area contributed by atoms with Gasteiger partial charge in [-0.05, 0) is 74.5 Å². The fourth-order valence-electron chi connectivity index (χ4n) is 6.91. The van der Waals surface area contributed by atoms with Gasteiger partial charge in [-0.15, -0.1) is 6.42 Å². The Morgan fingerprint density at radius 1 is 1.09 bits per heavy atom. The molecule has 2 heteroatoms. The van der Waals surface area contributed by atoms with Crippen LogP contribution >= 0.6 is 0 Å². The molecule has 0 saturated heterocycles. The van der Waals surface area contributed by atoms with E-state index >= 15 is 0 Å². The van der Waals surface area contributed by atoms with Crippen molar-refractivity contribution in [3.63, 3.8) is 0 Å². The highest BCUT2D eigenvalue weighted by Crippen LogP contribution is 2.65. The number of Topliss-reactive ketones (excluding diaryl/α,β-unsaturated/α-hetero) is 1. The fraction of sp³-hybridized carbons (Fsp3) is 0.850. The molecule has 0 aromatic carbocycles. The maximum atomic E-state index is 11.8. The van der Waals surface area contributed by atoms with Gasteiger partial charge in [0.25, 0.3) is 0 Å². The van der Waals surface area contributed by atoms with Crippen LogP contribution in [-0.4, -0.2) is 16.5 Å². The van der Waals surface area contributed by atoms with Crippen LogP contribution in [0.15, 0.2) is 0 Å². The van der Waals surface area contributed by atoms with Crippen molar-refractivity contribution in [3.8, 4) is 12.3 Å². The van der Waals surface area contributed by atoms with Crippen LogP contribution in [-0.2, 0) is 4.79 Å². The summed E-state index contributed by atoms with van der Waals surface area (Å²) in [5, 5.41) is 10.9. The van der Waals surface area contributed by atoms with Crippen LogP contribution in [0.1, 0.15) is 64.7 Å². The largest absolute Gasteiger partial charge is 0.377 e. The van der Waals surface area contributed by atoms with E-state index in [-0.39, 0.29) is 5.41 Å². The predicted molar refractivity (Wildman–Crippen MR) is 85.9 cm³/mol. The monoisotopic (exact) mass is 300 g/mol. The number of carbonyl (C=O) groups is 1. The zero-order valence-electron chi connectivity index (χ0n) is 13.7. The number of terminal acetylenes is 1. The molecule has 0 radical (unpaired) electrons. The number of carbonyl (C=O) groups excluding carboxylic acids is 1. The smallest absolute Gasteiger partial charge is 0.133 e. The number of aliphatic hydroxyl groups is 1. The Bertz CT molecular complexity index is 532. The molecule has 0 amide bonds. The second-order valence-corrected chi connectivity index (χ2v) is 8.72. The van der Waals surface area contributed by atoms with Gasteiger partial charge >= 0.3 is 0 Å². The summed E-state index contributed by atoms with van der Waals surface area (Å²) in [5.41, 5.74) is -0.970. The molecular weight excluding hydrogens is 272 g/mol. The summed E-state index contributed by atoms with van der Waals surface area (Å²) in [7, 11) is 0. The van der Waals surface area contributed by atoms with Crippen LogP contribution in [0.25, 0.3) is 0 Å². The topological polar surface area (TPSA) is 37.3 Å². The molecule has 2 nitrogen and oxygen atoms in total. The minimum atomic E-state index is -0.887. The minimum Gasteiger partial charge on any atom is -0.377 e. The SMILES string of the molecule is C#CC1(O)CC[C@H]2[C@@H]3CCC4CC(=O)CC[C@@H]4[C@H]3CC[C@@]21C. The lowest BCUT2D eigenvalue weighted by molar-refractivity contribution is -0.130. The van der Waals surface area contributed by atoms with E-state index in [0.717, 1.165) is 56.3 Å². The molecule has 0 spiro atoms. The van der Waals surface area contributed by atoms with E-state index in [1.807, 2.05) is 0 Å². The number of ketones is 1. The minimum absolute atomic E-state index is 0.0831. The Balaban J connectivity index is 1.61. The Labute approximate surface area is 134 Å². The lowest BCUT2D eigenvalue weighted by atomic mass is 9.49. The highest BCUT2D eigenvalue weighted by Gasteiger charge is 2.62. The van der Waals surface area contributed by atoms with Gasteiger partial charge in [-0.25, -0.2) is 0 Å². The first-order valence-electron chi connectivity index (χ1n) is 9.20. The second kappa shape index (κ2) is 4.84. The van der Waals surface area contributed by atoms with E-state index in [1.165, 1.54) is 19.3 Å². The third kappa shape index (κ3) is 1.81. The fourth-order valence-corrected chi connectivity index (χ4v) is 6.91. The molecule has 0 heterocycles. The average molecular weight is 300 g/mol. The lowest BCUT2D eigenvalue weighted by Crippen LogP contribution is -2.53. The number of hydrogen-bond acceptors (Lipinski definition) is 2. The van der Waals surface area contributed by atoms with Crippen LogP contribution in [0.4, 0.5) is 0 Å². The van der Waals surface area contributed by atoms with Crippen LogP contribution in [0, 0.1) is 47.3 Å². The Morgan fingerprint density at radius 3 is 2.68 bits per heavy atom. The van der Waals surface area contributed by atoms with Crippen LogP contribution in [0.5, 0.6) is 0 Å². The number of hydrogen-bond donors (Lipinski definition) is 1. The first-order chi connectivity index (χ1) is 10.5. The van der Waals surface area contributed by atoms with Crippen molar-refractivity contribution >= 4 is 5.78 Å². The van der Waals surface area contributed by atoms with Crippen LogP contribution < -0.4 is 0 Å². The molecule has 4 aliphatic rings. The summed E-state index contributed by atoms with van der Waals surface area (Å²) in [4.78, 5) is 11.8. The van der Waals surface area contributed by atoms with Crippen molar-refractivity contribution in [2.24, 2.45) is 35.0 Å². The maximum Gasteiger partial charge on any atom is 0.133 e. The first kappa shape index (κ1) is 14.8. The number of fused-ring (bicyclic) bond motifs is 5. The van der Waals surface area contributed by atoms with Crippen LogP contribution in [0.3, 0.4) is 0 Å². The quantitative estimate of drug-likeness (QED) is 0.694. The Kier molecular flexibility index (Phi) is 3.25. The third-order valence-corrected chi connectivity index (χ3v) is 8.16. The molecule has 0 bridgehead atoms. The van der Waals surface area contributed by atoms with E-state index < -0.39 is 5.60 Å². The highest BCUT2D eigenvalue weighted by molar-refractivity contribution is 5.79. The van der Waals surface area contributed by atoms with Gasteiger partial charge in [0.15, 0.2) is 0 Å². The van der Waals surface area contributed by atoms with Crippen molar-refractivity contribution in [1.29, 1.82) is 0 Å². The Hall–Kier alpha value is -0.810. The summed E-state index contributed by atoms with van der Waals surface area (Å²) in [6, 6.07) is 0. The molecule has 4 rings (SSSR count). The molecule has 7 atom stereocenters. The molecule has 0 aromatic heterocycles. The van der Waals surface area contributed by atoms with E-state index in [4.69, 9.17) is 6.42 Å². The summed E-state index contributed by atoms with van der Waals surface area (Å²) in [5.74, 6) is 6.76. The molecule has 0 aliphatic heterocycles. The van der Waals surface area contributed by atoms with Gasteiger partial charge < -0.3 is 5.11 Å². The number of rotatable bonds is 0. The van der Waals surface area contributed by atoms with E-state index in [2.05, 4.69) is 12.8 Å². The van der Waals surface area contributed by atoms with Gasteiger partial charge in [0.05, 0.1) is 0 Å². The normalized spacial score (nSPS) is 54.0. The molecule has 4 aliphatic carbocycles. The molecule has 4 saturated carbocycles. The maximum absolute atomic E-state index is 11.8. The van der Waals surface area contributed by atoms with E-state index in [0.29, 0.717) is 17.6 Å². The summed E-state index contributed by atoms with van der Waals surface area (Å²) >= 11 is 0. The molecule has 1 N–H and O–H groups in total. The van der Waals surface area contributed by atoms with Gasteiger partial charge in [0.2, 0.25) is 0 Å². The van der Waals surface area contributed by atoms with Crippen molar-refractivity contribution in [3.05, 3.63) is 0 Å². The summed E-state index contributed by atoms with van der Waals surface area (Å²) in [6.45, 7) is 2.25.